The van der Waals surface area contributed by atoms with E-state index in [9.17, 15) is 14.0 Å². The number of aromatic nitrogens is 2. The average Bonchev–Trinajstić information content (AvgIpc) is 3.58. The number of thiazole rings is 1. The van der Waals surface area contributed by atoms with Crippen LogP contribution in [0.1, 0.15) is 35.2 Å². The topological polar surface area (TPSA) is 65.6 Å². The summed E-state index contributed by atoms with van der Waals surface area (Å²) in [7, 11) is 0. The number of ether oxygens (including phenoxy) is 1. The van der Waals surface area contributed by atoms with Crippen molar-refractivity contribution >= 4 is 51.6 Å². The Bertz CT molecular complexity index is 2300. The molecule has 1 atom stereocenters. The van der Waals surface area contributed by atoms with Crippen LogP contribution in [-0.4, -0.2) is 21.7 Å². The monoisotopic (exact) mass is 647 g/mol. The Kier molecular flexibility index (Phi) is 7.98. The molecular weight excluding hydrogens is 621 g/mol. The maximum Gasteiger partial charge on any atom is 0.338 e. The van der Waals surface area contributed by atoms with E-state index in [1.54, 1.807) is 35.8 Å². The van der Waals surface area contributed by atoms with Gasteiger partial charge in [-0.25, -0.2) is 14.2 Å². The van der Waals surface area contributed by atoms with Gasteiger partial charge in [0.25, 0.3) is 5.56 Å². The largest absolute Gasteiger partial charge is 0.463 e. The summed E-state index contributed by atoms with van der Waals surface area (Å²) in [5.41, 5.74) is 4.72. The van der Waals surface area contributed by atoms with Gasteiger partial charge in [0.15, 0.2) is 4.80 Å². The van der Waals surface area contributed by atoms with Crippen molar-refractivity contribution in [1.29, 1.82) is 0 Å². The lowest BCUT2D eigenvalue weighted by atomic mass is 9.93. The molecule has 0 spiro atoms. The molecule has 46 heavy (non-hydrogen) atoms. The van der Waals surface area contributed by atoms with E-state index in [0.29, 0.717) is 32.2 Å². The molecule has 228 valence electrons. The van der Waals surface area contributed by atoms with Gasteiger partial charge in [0.2, 0.25) is 0 Å². The van der Waals surface area contributed by atoms with E-state index in [4.69, 9.17) is 21.3 Å². The summed E-state index contributed by atoms with van der Waals surface area (Å²) in [6.07, 6.45) is 3.88. The Balaban J connectivity index is 1.44. The van der Waals surface area contributed by atoms with Crippen LogP contribution < -0.4 is 14.9 Å². The summed E-state index contributed by atoms with van der Waals surface area (Å²) >= 11 is 7.52. The molecule has 9 heteroatoms. The number of nitrogens with zero attached hydrogens (tertiary/aromatic N) is 3. The van der Waals surface area contributed by atoms with Gasteiger partial charge in [-0.05, 0) is 54.5 Å². The number of benzene rings is 4. The van der Waals surface area contributed by atoms with Gasteiger partial charge < -0.3 is 9.30 Å². The average molecular weight is 648 g/mol. The molecule has 1 aliphatic rings. The molecule has 6 aromatic rings. The van der Waals surface area contributed by atoms with Gasteiger partial charge in [-0.3, -0.25) is 9.36 Å². The van der Waals surface area contributed by atoms with Gasteiger partial charge in [-0.2, -0.15) is 0 Å². The van der Waals surface area contributed by atoms with Crippen molar-refractivity contribution in [3.8, 4) is 0 Å². The molecule has 0 unspecified atom stereocenters. The normalized spacial score (nSPS) is 14.8. The van der Waals surface area contributed by atoms with Gasteiger partial charge in [-0.15, -0.1) is 0 Å². The molecular formula is C37H27ClFN3O3S. The van der Waals surface area contributed by atoms with Crippen molar-refractivity contribution < 1.29 is 13.9 Å². The fourth-order valence-corrected chi connectivity index (χ4v) is 6.97. The lowest BCUT2D eigenvalue weighted by Gasteiger charge is -2.25. The maximum absolute atomic E-state index is 14.3. The fraction of sp³-hybridized carbons (Fsp3) is 0.108. The first kappa shape index (κ1) is 29.6. The summed E-state index contributed by atoms with van der Waals surface area (Å²) < 4.78 is 23.2. The molecule has 0 saturated carbocycles. The van der Waals surface area contributed by atoms with Crippen LogP contribution >= 0.6 is 22.9 Å². The smallest absolute Gasteiger partial charge is 0.338 e. The molecule has 1 aliphatic heterocycles. The second-order valence-corrected chi connectivity index (χ2v) is 12.3. The third kappa shape index (κ3) is 5.50. The van der Waals surface area contributed by atoms with Gasteiger partial charge >= 0.3 is 5.97 Å². The number of rotatable bonds is 7. The van der Waals surface area contributed by atoms with E-state index in [1.165, 1.54) is 23.5 Å². The van der Waals surface area contributed by atoms with Gasteiger partial charge in [-0.1, -0.05) is 95.7 Å². The number of carbonyl (C=O) groups excluding carboxylic acids is 1. The van der Waals surface area contributed by atoms with E-state index in [-0.39, 0.29) is 23.6 Å². The summed E-state index contributed by atoms with van der Waals surface area (Å²) in [5.74, 6) is -0.821. The van der Waals surface area contributed by atoms with Crippen LogP contribution in [0.3, 0.4) is 0 Å². The van der Waals surface area contributed by atoms with E-state index < -0.39 is 12.0 Å². The second kappa shape index (κ2) is 12.4. The summed E-state index contributed by atoms with van der Waals surface area (Å²) in [5, 5.41) is 1.51. The maximum atomic E-state index is 14.3. The summed E-state index contributed by atoms with van der Waals surface area (Å²) in [4.78, 5) is 33.4. The van der Waals surface area contributed by atoms with Crippen LogP contribution in [0.2, 0.25) is 5.02 Å². The van der Waals surface area contributed by atoms with Crippen molar-refractivity contribution in [2.75, 3.05) is 6.61 Å². The number of carbonyl (C=O) groups is 1. The molecule has 0 aliphatic carbocycles. The molecule has 0 saturated heterocycles. The molecule has 6 nitrogen and oxygen atoms in total. The lowest BCUT2D eigenvalue weighted by molar-refractivity contribution is -0.138. The number of hydrogen-bond donors (Lipinski definition) is 0. The molecule has 0 amide bonds. The molecule has 4 aromatic carbocycles. The predicted molar refractivity (Wildman–Crippen MR) is 180 cm³/mol. The second-order valence-electron chi connectivity index (χ2n) is 10.8. The molecule has 0 N–H and O–H groups in total. The fourth-order valence-electron chi connectivity index (χ4n) is 5.85. The van der Waals surface area contributed by atoms with E-state index in [2.05, 4.69) is 4.57 Å². The molecule has 0 bridgehead atoms. The first-order valence-corrected chi connectivity index (χ1v) is 16.0. The quantitative estimate of drug-likeness (QED) is 0.181. The van der Waals surface area contributed by atoms with Crippen LogP contribution in [-0.2, 0) is 16.1 Å². The summed E-state index contributed by atoms with van der Waals surface area (Å²) in [6.45, 7) is 2.46. The Labute approximate surface area is 272 Å². The van der Waals surface area contributed by atoms with Crippen LogP contribution in [0, 0.1) is 5.82 Å². The van der Waals surface area contributed by atoms with E-state index in [0.717, 1.165) is 27.6 Å². The van der Waals surface area contributed by atoms with Crippen molar-refractivity contribution in [3.05, 3.63) is 168 Å². The third-order valence-electron chi connectivity index (χ3n) is 7.93. The Morgan fingerprint density at radius 1 is 0.978 bits per heavy atom. The Morgan fingerprint density at radius 3 is 2.43 bits per heavy atom. The molecule has 0 fully saturated rings. The zero-order chi connectivity index (χ0) is 31.8. The Hall–Kier alpha value is -5.05. The van der Waals surface area contributed by atoms with Gasteiger partial charge in [0.1, 0.15) is 5.82 Å². The van der Waals surface area contributed by atoms with E-state index >= 15 is 0 Å². The SMILES string of the molecule is CCOC(=O)C1=C(c2ccccc2)N=c2s/c(=C/c3cn(Cc4ccc(F)cc4)c4ccccc34)c(=O)n2[C@@H]1c1ccc(Cl)cc1. The number of hydrogen-bond acceptors (Lipinski definition) is 5. The number of para-hydroxylation sites is 1. The highest BCUT2D eigenvalue weighted by Crippen LogP contribution is 2.35. The van der Waals surface area contributed by atoms with Crippen molar-refractivity contribution in [2.45, 2.75) is 19.5 Å². The zero-order valence-electron chi connectivity index (χ0n) is 24.7. The third-order valence-corrected chi connectivity index (χ3v) is 9.17. The van der Waals surface area contributed by atoms with Crippen LogP contribution in [0.4, 0.5) is 4.39 Å². The minimum atomic E-state index is -0.787. The highest BCUT2D eigenvalue weighted by molar-refractivity contribution is 7.07. The van der Waals surface area contributed by atoms with Crippen LogP contribution in [0.25, 0.3) is 22.7 Å². The Morgan fingerprint density at radius 2 is 1.70 bits per heavy atom. The van der Waals surface area contributed by atoms with Crippen LogP contribution in [0.15, 0.2) is 125 Å². The van der Waals surface area contributed by atoms with Crippen molar-refractivity contribution in [3.63, 3.8) is 0 Å². The van der Waals surface area contributed by atoms with Gasteiger partial charge in [0.05, 0.1) is 28.5 Å². The van der Waals surface area contributed by atoms with Crippen molar-refractivity contribution in [1.82, 2.24) is 9.13 Å². The number of esters is 1. The zero-order valence-corrected chi connectivity index (χ0v) is 26.3. The molecule has 3 heterocycles. The standard InChI is InChI=1S/C37H27ClFN3O3S/c1-2-45-36(44)32-33(24-8-4-3-5-9-24)40-37-42(34(32)25-14-16-27(38)17-15-25)35(43)31(46-37)20-26-22-41(30-11-7-6-10-29(26)30)21-23-12-18-28(39)19-13-23/h3-20,22,34H,2,21H2,1H3/b31-20+/t34-/m1/s1. The number of halogens is 2. The molecule has 7 rings (SSSR count). The predicted octanol–water partition coefficient (Wildman–Crippen LogP) is 6.73. The number of fused-ring (bicyclic) bond motifs is 2. The highest BCUT2D eigenvalue weighted by Gasteiger charge is 2.35. The first-order chi connectivity index (χ1) is 22.4. The van der Waals surface area contributed by atoms with E-state index in [1.807, 2.05) is 79.0 Å². The lowest BCUT2D eigenvalue weighted by Crippen LogP contribution is -2.40. The molecule has 0 radical (unpaired) electrons. The minimum absolute atomic E-state index is 0.171. The van der Waals surface area contributed by atoms with Crippen molar-refractivity contribution in [2.24, 2.45) is 4.99 Å². The summed E-state index contributed by atoms with van der Waals surface area (Å²) in [6, 6.07) is 30.2. The molecule has 2 aromatic heterocycles. The first-order valence-electron chi connectivity index (χ1n) is 14.8. The van der Waals surface area contributed by atoms with Gasteiger partial charge in [0, 0.05) is 39.8 Å². The van der Waals surface area contributed by atoms with Crippen LogP contribution in [0.5, 0.6) is 0 Å². The minimum Gasteiger partial charge on any atom is -0.463 e. The highest BCUT2D eigenvalue weighted by atomic mass is 35.5.